The van der Waals surface area contributed by atoms with Crippen molar-refractivity contribution in [3.8, 4) is 0 Å². The van der Waals surface area contributed by atoms with Crippen LogP contribution in [0.3, 0.4) is 0 Å². The molecule has 1 aliphatic carbocycles. The van der Waals surface area contributed by atoms with Crippen LogP contribution in [0.4, 0.5) is 18.9 Å². The van der Waals surface area contributed by atoms with Crippen molar-refractivity contribution >= 4 is 17.5 Å². The molecule has 1 aromatic rings. The van der Waals surface area contributed by atoms with Crippen molar-refractivity contribution in [2.24, 2.45) is 5.92 Å². The number of nitrogens with zero attached hydrogens (tertiary/aromatic N) is 2. The van der Waals surface area contributed by atoms with Gasteiger partial charge in [0.05, 0.1) is 18.8 Å². The van der Waals surface area contributed by atoms with E-state index >= 15 is 0 Å². The van der Waals surface area contributed by atoms with Gasteiger partial charge in [0.2, 0.25) is 11.8 Å². The molecule has 2 amide bonds. The number of benzene rings is 1. The van der Waals surface area contributed by atoms with E-state index in [9.17, 15) is 22.8 Å². The van der Waals surface area contributed by atoms with Gasteiger partial charge in [0.25, 0.3) is 0 Å². The van der Waals surface area contributed by atoms with E-state index in [1.807, 2.05) is 4.90 Å². The largest absolute Gasteiger partial charge is 0.338 e. The number of halogens is 3. The summed E-state index contributed by atoms with van der Waals surface area (Å²) in [6.07, 6.45) is 6.76. The third-order valence-electron chi connectivity index (χ3n) is 5.69. The zero-order valence-corrected chi connectivity index (χ0v) is 16.0. The molecule has 2 aliphatic rings. The number of rotatable bonds is 5. The van der Waals surface area contributed by atoms with Gasteiger partial charge in [-0.05, 0) is 50.8 Å². The molecule has 3 rings (SSSR count). The molecular weight excluding hydrogens is 371 g/mol. The first-order valence-electron chi connectivity index (χ1n) is 9.78. The molecule has 1 aliphatic heterocycles. The monoisotopic (exact) mass is 397 g/mol. The van der Waals surface area contributed by atoms with Crippen LogP contribution >= 0.6 is 0 Å². The Morgan fingerprint density at radius 3 is 2.57 bits per heavy atom. The standard InChI is InChI=1S/C20H26F3N3O2/c1-25(11-17(27)24-15-9-8-14(21)19(22)20(15)23)12-18(28)26-10-4-6-13-5-2-3-7-16(13)26/h8-9,13,16H,2-7,10-12H2,1H3,(H,24,27)/t13-,16-/m0/s1. The van der Waals surface area contributed by atoms with Crippen LogP contribution in [0.1, 0.15) is 38.5 Å². The van der Waals surface area contributed by atoms with E-state index in [-0.39, 0.29) is 19.0 Å². The molecule has 154 valence electrons. The summed E-state index contributed by atoms with van der Waals surface area (Å²) in [5, 5.41) is 2.22. The van der Waals surface area contributed by atoms with E-state index < -0.39 is 29.0 Å². The van der Waals surface area contributed by atoms with Crippen LogP contribution in [0.25, 0.3) is 0 Å². The third-order valence-corrected chi connectivity index (χ3v) is 5.69. The van der Waals surface area contributed by atoms with Crippen LogP contribution in [0.2, 0.25) is 0 Å². The molecule has 0 bridgehead atoms. The van der Waals surface area contributed by atoms with Crippen LogP contribution in [0, 0.1) is 23.4 Å². The first-order valence-corrected chi connectivity index (χ1v) is 9.78. The number of likely N-dealkylation sites (N-methyl/N-ethyl adjacent to an activating group) is 1. The highest BCUT2D eigenvalue weighted by atomic mass is 19.2. The number of anilines is 1. The number of piperidine rings is 1. The van der Waals surface area contributed by atoms with Gasteiger partial charge in [-0.3, -0.25) is 14.5 Å². The maximum Gasteiger partial charge on any atom is 0.238 e. The summed E-state index contributed by atoms with van der Waals surface area (Å²) in [7, 11) is 1.63. The van der Waals surface area contributed by atoms with Crippen molar-refractivity contribution in [1.82, 2.24) is 9.80 Å². The SMILES string of the molecule is CN(CC(=O)Nc1ccc(F)c(F)c1F)CC(=O)N1CCC[C@@H]2CCCC[C@@H]21. The van der Waals surface area contributed by atoms with E-state index in [0.717, 1.165) is 37.9 Å². The molecule has 2 fully saturated rings. The quantitative estimate of drug-likeness (QED) is 0.777. The Bertz CT molecular complexity index is 742. The lowest BCUT2D eigenvalue weighted by molar-refractivity contribution is -0.138. The molecular formula is C20H26F3N3O2. The summed E-state index contributed by atoms with van der Waals surface area (Å²) in [5.41, 5.74) is -0.426. The van der Waals surface area contributed by atoms with E-state index in [1.165, 1.54) is 19.3 Å². The van der Waals surface area contributed by atoms with Gasteiger partial charge in [0.1, 0.15) is 0 Å². The minimum Gasteiger partial charge on any atom is -0.338 e. The predicted molar refractivity (Wildman–Crippen MR) is 99.1 cm³/mol. The molecule has 1 heterocycles. The van der Waals surface area contributed by atoms with Crippen molar-refractivity contribution in [2.75, 3.05) is 32.0 Å². The highest BCUT2D eigenvalue weighted by molar-refractivity contribution is 5.92. The molecule has 5 nitrogen and oxygen atoms in total. The second-order valence-electron chi connectivity index (χ2n) is 7.78. The minimum atomic E-state index is -1.63. The van der Waals surface area contributed by atoms with Crippen LogP contribution in [-0.2, 0) is 9.59 Å². The van der Waals surface area contributed by atoms with E-state index in [4.69, 9.17) is 0 Å². The summed E-state index contributed by atoms with van der Waals surface area (Å²) in [6.45, 7) is 0.670. The Morgan fingerprint density at radius 1 is 1.07 bits per heavy atom. The van der Waals surface area contributed by atoms with Gasteiger partial charge in [0, 0.05) is 12.6 Å². The Hall–Kier alpha value is -2.09. The number of carbonyl (C=O) groups excluding carboxylic acids is 2. The first kappa shape index (κ1) is 20.6. The van der Waals surface area contributed by atoms with Crippen molar-refractivity contribution in [3.05, 3.63) is 29.6 Å². The number of carbonyl (C=O) groups is 2. The third kappa shape index (κ3) is 4.66. The van der Waals surface area contributed by atoms with Gasteiger partial charge < -0.3 is 10.2 Å². The lowest BCUT2D eigenvalue weighted by Crippen LogP contribution is -2.52. The highest BCUT2D eigenvalue weighted by Crippen LogP contribution is 2.35. The van der Waals surface area contributed by atoms with Crippen LogP contribution < -0.4 is 5.32 Å². The van der Waals surface area contributed by atoms with Crippen molar-refractivity contribution in [1.29, 1.82) is 0 Å². The molecule has 1 saturated carbocycles. The molecule has 1 saturated heterocycles. The summed E-state index contributed by atoms with van der Waals surface area (Å²) < 4.78 is 39.9. The molecule has 1 aromatic carbocycles. The van der Waals surface area contributed by atoms with Crippen molar-refractivity contribution in [3.63, 3.8) is 0 Å². The molecule has 0 aromatic heterocycles. The van der Waals surface area contributed by atoms with Gasteiger partial charge in [-0.25, -0.2) is 13.2 Å². The molecule has 2 atom stereocenters. The van der Waals surface area contributed by atoms with E-state index in [1.54, 1.807) is 11.9 Å². The summed E-state index contributed by atoms with van der Waals surface area (Å²) in [6, 6.07) is 2.01. The van der Waals surface area contributed by atoms with Gasteiger partial charge in [-0.15, -0.1) is 0 Å². The maximum absolute atomic E-state index is 13.7. The average Bonchev–Trinajstić information content (AvgIpc) is 2.67. The second-order valence-corrected chi connectivity index (χ2v) is 7.78. The molecule has 1 N–H and O–H groups in total. The van der Waals surface area contributed by atoms with Gasteiger partial charge >= 0.3 is 0 Å². The summed E-state index contributed by atoms with van der Waals surface area (Å²) in [5.74, 6) is -4.42. The average molecular weight is 397 g/mol. The van der Waals surface area contributed by atoms with E-state index in [0.29, 0.717) is 12.0 Å². The highest BCUT2D eigenvalue weighted by Gasteiger charge is 2.35. The number of nitrogens with one attached hydrogen (secondary N) is 1. The zero-order chi connectivity index (χ0) is 20.3. The Kier molecular flexibility index (Phi) is 6.59. The molecule has 0 unspecified atom stereocenters. The lowest BCUT2D eigenvalue weighted by Gasteiger charge is -2.44. The second kappa shape index (κ2) is 8.94. The lowest BCUT2D eigenvalue weighted by atomic mass is 9.78. The number of hydrogen-bond acceptors (Lipinski definition) is 3. The fourth-order valence-corrected chi connectivity index (χ4v) is 4.37. The fourth-order valence-electron chi connectivity index (χ4n) is 4.37. The summed E-state index contributed by atoms with van der Waals surface area (Å²) >= 11 is 0. The van der Waals surface area contributed by atoms with Crippen LogP contribution in [0.5, 0.6) is 0 Å². The van der Waals surface area contributed by atoms with Gasteiger partial charge in [-0.1, -0.05) is 12.8 Å². The Morgan fingerprint density at radius 2 is 1.79 bits per heavy atom. The smallest absolute Gasteiger partial charge is 0.238 e. The maximum atomic E-state index is 13.7. The van der Waals surface area contributed by atoms with E-state index in [2.05, 4.69) is 5.32 Å². The van der Waals surface area contributed by atoms with Crippen LogP contribution in [-0.4, -0.2) is 54.3 Å². The van der Waals surface area contributed by atoms with Gasteiger partial charge in [-0.2, -0.15) is 0 Å². The number of likely N-dealkylation sites (tertiary alicyclic amines) is 1. The Balaban J connectivity index is 1.53. The first-order chi connectivity index (χ1) is 13.4. The predicted octanol–water partition coefficient (Wildman–Crippen LogP) is 3.16. The molecule has 0 radical (unpaired) electrons. The zero-order valence-electron chi connectivity index (χ0n) is 16.0. The molecule has 8 heteroatoms. The molecule has 0 spiro atoms. The normalized spacial score (nSPS) is 22.1. The summed E-state index contributed by atoms with van der Waals surface area (Å²) in [4.78, 5) is 28.3. The molecule has 28 heavy (non-hydrogen) atoms. The van der Waals surface area contributed by atoms with Crippen molar-refractivity contribution < 1.29 is 22.8 Å². The Labute approximate surface area is 162 Å². The fraction of sp³-hybridized carbons (Fsp3) is 0.600. The van der Waals surface area contributed by atoms with Crippen molar-refractivity contribution in [2.45, 2.75) is 44.6 Å². The minimum absolute atomic E-state index is 0.00842. The number of amides is 2. The van der Waals surface area contributed by atoms with Crippen LogP contribution in [0.15, 0.2) is 12.1 Å². The number of hydrogen-bond donors (Lipinski definition) is 1. The number of fused-ring (bicyclic) bond motifs is 1. The topological polar surface area (TPSA) is 52.7 Å². The van der Waals surface area contributed by atoms with Gasteiger partial charge in [0.15, 0.2) is 17.5 Å².